The Kier molecular flexibility index (Phi) is 12.0. The minimum atomic E-state index is -1.02. The Balaban J connectivity index is 3.93. The molecule has 9 heteroatoms. The molecule has 0 spiro atoms. The molecule has 2 N–H and O–H groups in total. The molecule has 0 aliphatic carbocycles. The molecule has 22 heavy (non-hydrogen) atoms. The van der Waals surface area contributed by atoms with Crippen molar-refractivity contribution in [2.24, 2.45) is 0 Å². The zero-order chi connectivity index (χ0) is 17.0. The molecule has 0 saturated carbocycles. The molecule has 0 rings (SSSR count). The molecule has 130 valence electrons. The molecule has 7 nitrogen and oxygen atoms in total. The lowest BCUT2D eigenvalue weighted by Gasteiger charge is -2.18. The van der Waals surface area contributed by atoms with Crippen LogP contribution in [0.4, 0.5) is 4.79 Å². The zero-order valence-corrected chi connectivity index (χ0v) is 15.0. The smallest absolute Gasteiger partial charge is 0.317 e. The molecule has 0 radical (unpaired) electrons. The number of rotatable bonds is 11. The van der Waals surface area contributed by atoms with Gasteiger partial charge in [-0.2, -0.15) is 0 Å². The number of carbonyl (C=O) groups is 2. The summed E-state index contributed by atoms with van der Waals surface area (Å²) in [5, 5.41) is 5.21. The minimum Gasteiger partial charge on any atom is -0.442 e. The van der Waals surface area contributed by atoms with Crippen LogP contribution in [0.25, 0.3) is 0 Å². The molecule has 0 aromatic rings. The number of urea groups is 1. The lowest BCUT2D eigenvalue weighted by Crippen LogP contribution is -2.44. The summed E-state index contributed by atoms with van der Waals surface area (Å²) >= 11 is 0. The van der Waals surface area contributed by atoms with Gasteiger partial charge in [-0.15, -0.1) is 0 Å². The van der Waals surface area contributed by atoms with Crippen LogP contribution in [-0.2, 0) is 31.1 Å². The van der Waals surface area contributed by atoms with Crippen LogP contribution < -0.4 is 10.6 Å². The van der Waals surface area contributed by atoms with E-state index in [9.17, 15) is 18.0 Å². The van der Waals surface area contributed by atoms with Crippen molar-refractivity contribution in [1.29, 1.82) is 0 Å². The third-order valence-corrected chi connectivity index (χ3v) is 4.34. The number of ether oxygens (including phenoxy) is 1. The first kappa shape index (κ1) is 21.0. The largest absolute Gasteiger partial charge is 0.442 e. The van der Waals surface area contributed by atoms with E-state index >= 15 is 0 Å². The number of carbonyl (C=O) groups excluding carboxylic acids is 2. The maximum absolute atomic E-state index is 11.7. The van der Waals surface area contributed by atoms with Gasteiger partial charge in [-0.25, -0.2) is 4.79 Å². The van der Waals surface area contributed by atoms with Crippen LogP contribution in [0.1, 0.15) is 32.6 Å². The maximum Gasteiger partial charge on any atom is 0.317 e. The van der Waals surface area contributed by atoms with Crippen LogP contribution in [0.5, 0.6) is 0 Å². The minimum absolute atomic E-state index is 0.304. The van der Waals surface area contributed by atoms with E-state index < -0.39 is 39.8 Å². The summed E-state index contributed by atoms with van der Waals surface area (Å²) in [4.78, 5) is 22.7. The van der Waals surface area contributed by atoms with Gasteiger partial charge in [-0.1, -0.05) is 6.42 Å². The highest BCUT2D eigenvalue weighted by Crippen LogP contribution is 1.98. The summed E-state index contributed by atoms with van der Waals surface area (Å²) < 4.78 is 26.9. The Morgan fingerprint density at radius 2 is 1.68 bits per heavy atom. The first-order chi connectivity index (χ1) is 10.3. The molecule has 3 atom stereocenters. The molecule has 3 unspecified atom stereocenters. The Morgan fingerprint density at radius 3 is 2.23 bits per heavy atom. The molecule has 0 saturated heterocycles. The van der Waals surface area contributed by atoms with E-state index in [1.54, 1.807) is 12.5 Å². The lowest BCUT2D eigenvalue weighted by atomic mass is 10.2. The van der Waals surface area contributed by atoms with Crippen molar-refractivity contribution in [2.45, 2.75) is 38.8 Å². The van der Waals surface area contributed by atoms with Crippen LogP contribution >= 0.6 is 0 Å². The van der Waals surface area contributed by atoms with Crippen LogP contribution in [0.2, 0.25) is 0 Å². The predicted molar refractivity (Wildman–Crippen MR) is 88.4 cm³/mol. The number of unbranched alkanes of at least 4 members (excludes halogenated alkanes) is 2. The third kappa shape index (κ3) is 14.0. The fourth-order valence-electron chi connectivity index (χ4n) is 1.64. The monoisotopic (exact) mass is 354 g/mol. The van der Waals surface area contributed by atoms with Crippen LogP contribution in [-0.4, -0.2) is 57.2 Å². The molecule has 0 bridgehead atoms. The first-order valence-electron chi connectivity index (χ1n) is 7.13. The SMILES string of the molecule is CC(=O)OC(CCS(C)=O)NC(=O)NCCCCCS(C)=O. The molecule has 0 heterocycles. The summed E-state index contributed by atoms with van der Waals surface area (Å²) in [6.07, 6.45) is 5.30. The number of amides is 2. The van der Waals surface area contributed by atoms with Gasteiger partial charge in [-0.3, -0.25) is 13.2 Å². The van der Waals surface area contributed by atoms with Crippen LogP contribution in [0, 0.1) is 0 Å². The number of hydrogen-bond acceptors (Lipinski definition) is 5. The summed E-state index contributed by atoms with van der Waals surface area (Å²) in [5.41, 5.74) is 0. The fourth-order valence-corrected chi connectivity index (χ4v) is 2.80. The van der Waals surface area contributed by atoms with Gasteiger partial charge in [-0.05, 0) is 12.8 Å². The highest BCUT2D eigenvalue weighted by Gasteiger charge is 2.15. The van der Waals surface area contributed by atoms with Crippen molar-refractivity contribution in [3.8, 4) is 0 Å². The van der Waals surface area contributed by atoms with Crippen molar-refractivity contribution >= 4 is 33.6 Å². The fraction of sp³-hybridized carbons (Fsp3) is 0.846. The second-order valence-corrected chi connectivity index (χ2v) is 8.01. The quantitative estimate of drug-likeness (QED) is 0.319. The van der Waals surface area contributed by atoms with Crippen molar-refractivity contribution in [3.63, 3.8) is 0 Å². The van der Waals surface area contributed by atoms with Gasteiger partial charge in [0.2, 0.25) is 0 Å². The van der Waals surface area contributed by atoms with Crippen LogP contribution in [0.3, 0.4) is 0 Å². The third-order valence-electron chi connectivity index (χ3n) is 2.66. The predicted octanol–water partition coefficient (Wildman–Crippen LogP) is 0.492. The standard InChI is InChI=1S/C13H26N2O5S2/c1-11(16)20-12(7-10-22(3)19)15-13(17)14-8-5-4-6-9-21(2)18/h12H,4-10H2,1-3H3,(H2,14,15,17). The average Bonchev–Trinajstić information content (AvgIpc) is 2.39. The number of hydrogen-bond donors (Lipinski definition) is 2. The molecular formula is C13H26N2O5S2. The molecule has 2 amide bonds. The van der Waals surface area contributed by atoms with Crippen molar-refractivity contribution in [1.82, 2.24) is 10.6 Å². The highest BCUT2D eigenvalue weighted by atomic mass is 32.2. The second kappa shape index (κ2) is 12.6. The highest BCUT2D eigenvalue weighted by molar-refractivity contribution is 7.84. The van der Waals surface area contributed by atoms with E-state index in [4.69, 9.17) is 4.74 Å². The summed E-state index contributed by atoms with van der Waals surface area (Å²) in [6, 6.07) is -0.424. The van der Waals surface area contributed by atoms with Gasteiger partial charge in [0.25, 0.3) is 0 Å². The molecule has 0 aliphatic heterocycles. The lowest BCUT2D eigenvalue weighted by molar-refractivity contribution is -0.147. The molecule has 0 aromatic carbocycles. The Labute approximate surface area is 136 Å². The van der Waals surface area contributed by atoms with E-state index in [0.717, 1.165) is 19.3 Å². The van der Waals surface area contributed by atoms with Crippen molar-refractivity contribution in [3.05, 3.63) is 0 Å². The Hall–Kier alpha value is -0.960. The molecule has 0 aliphatic rings. The topological polar surface area (TPSA) is 102 Å². The van der Waals surface area contributed by atoms with Gasteiger partial charge in [0.1, 0.15) is 0 Å². The van der Waals surface area contributed by atoms with E-state index in [1.165, 1.54) is 6.92 Å². The van der Waals surface area contributed by atoms with E-state index in [0.29, 0.717) is 24.5 Å². The first-order valence-corrected chi connectivity index (χ1v) is 10.6. The summed E-state index contributed by atoms with van der Waals surface area (Å²) in [6.45, 7) is 1.75. The average molecular weight is 354 g/mol. The Bertz CT molecular complexity index is 404. The van der Waals surface area contributed by atoms with Gasteiger partial charge in [0, 0.05) is 65.5 Å². The van der Waals surface area contributed by atoms with E-state index in [-0.39, 0.29) is 0 Å². The summed E-state index contributed by atoms with van der Waals surface area (Å²) in [5.74, 6) is 0.515. The second-order valence-electron chi connectivity index (χ2n) is 4.90. The molecule has 0 fully saturated rings. The zero-order valence-electron chi connectivity index (χ0n) is 13.4. The molecular weight excluding hydrogens is 328 g/mol. The van der Waals surface area contributed by atoms with Gasteiger partial charge < -0.3 is 15.4 Å². The van der Waals surface area contributed by atoms with Crippen molar-refractivity contribution < 1.29 is 22.7 Å². The van der Waals surface area contributed by atoms with E-state index in [2.05, 4.69) is 10.6 Å². The number of esters is 1. The Morgan fingerprint density at radius 1 is 1.05 bits per heavy atom. The number of nitrogens with one attached hydrogen (secondary N) is 2. The van der Waals surface area contributed by atoms with Gasteiger partial charge in [0.15, 0.2) is 6.23 Å². The van der Waals surface area contributed by atoms with Gasteiger partial charge in [0.05, 0.1) is 0 Å². The molecule has 0 aromatic heterocycles. The van der Waals surface area contributed by atoms with E-state index in [1.807, 2.05) is 0 Å². The summed E-state index contributed by atoms with van der Waals surface area (Å²) in [7, 11) is -1.79. The van der Waals surface area contributed by atoms with Crippen LogP contribution in [0.15, 0.2) is 0 Å². The van der Waals surface area contributed by atoms with Crippen molar-refractivity contribution in [2.75, 3.05) is 30.6 Å². The normalized spacial score (nSPS) is 14.7. The maximum atomic E-state index is 11.7. The van der Waals surface area contributed by atoms with Gasteiger partial charge >= 0.3 is 12.0 Å².